The molecule has 0 aliphatic carbocycles. The fourth-order valence-electron chi connectivity index (χ4n) is 2.98. The fourth-order valence-corrected chi connectivity index (χ4v) is 4.05. The molecular weight excluding hydrogens is 371 g/mol. The summed E-state index contributed by atoms with van der Waals surface area (Å²) in [5.41, 5.74) is 1.88. The smallest absolute Gasteiger partial charge is 0.232 e. The summed E-state index contributed by atoms with van der Waals surface area (Å²) in [5.74, 6) is 0.666. The molecule has 1 amide bonds. The largest absolute Gasteiger partial charge is 0.339 e. The molecule has 0 unspecified atom stereocenters. The number of amides is 1. The van der Waals surface area contributed by atoms with E-state index in [4.69, 9.17) is 11.6 Å². The van der Waals surface area contributed by atoms with Gasteiger partial charge in [0.15, 0.2) is 0 Å². The monoisotopic (exact) mass is 392 g/mol. The Morgan fingerprint density at radius 2 is 1.81 bits per heavy atom. The van der Waals surface area contributed by atoms with E-state index in [1.807, 2.05) is 11.0 Å². The lowest BCUT2D eigenvalue weighted by atomic mass is 10.2. The molecule has 1 saturated heterocycles. The zero-order valence-electron chi connectivity index (χ0n) is 14.5. The third kappa shape index (κ3) is 5.47. The van der Waals surface area contributed by atoms with Crippen LogP contribution in [0.25, 0.3) is 0 Å². The lowest BCUT2D eigenvalue weighted by Gasteiger charge is -2.34. The van der Waals surface area contributed by atoms with Crippen molar-refractivity contribution in [2.24, 2.45) is 0 Å². The second kappa shape index (κ2) is 9.40. The maximum atomic E-state index is 13.8. The fraction of sp³-hybridized carbons (Fsp3) is 0.350. The van der Waals surface area contributed by atoms with Gasteiger partial charge < -0.3 is 4.90 Å². The molecule has 138 valence electrons. The molecular formula is C20H22ClFN2OS. The number of carbonyl (C=O) groups is 1. The third-order valence-corrected chi connectivity index (χ3v) is 5.67. The van der Waals surface area contributed by atoms with Crippen molar-refractivity contribution < 1.29 is 9.18 Å². The second-order valence-corrected chi connectivity index (χ2v) is 7.79. The third-order valence-electron chi connectivity index (χ3n) is 4.47. The van der Waals surface area contributed by atoms with Gasteiger partial charge in [0.1, 0.15) is 5.82 Å². The van der Waals surface area contributed by atoms with Gasteiger partial charge in [-0.3, -0.25) is 9.69 Å². The Morgan fingerprint density at radius 3 is 2.50 bits per heavy atom. The van der Waals surface area contributed by atoms with E-state index >= 15 is 0 Å². The number of carbonyl (C=O) groups excluding carboxylic acids is 1. The molecule has 3 rings (SSSR count). The molecule has 2 aromatic rings. The number of hydrogen-bond acceptors (Lipinski definition) is 3. The van der Waals surface area contributed by atoms with Crippen LogP contribution >= 0.6 is 23.4 Å². The number of hydrogen-bond donors (Lipinski definition) is 0. The molecule has 0 atom stereocenters. The van der Waals surface area contributed by atoms with Crippen LogP contribution in [0, 0.1) is 5.82 Å². The normalized spacial score (nSPS) is 15.2. The van der Waals surface area contributed by atoms with E-state index in [2.05, 4.69) is 29.2 Å². The van der Waals surface area contributed by atoms with Gasteiger partial charge in [-0.2, -0.15) is 0 Å². The van der Waals surface area contributed by atoms with E-state index in [-0.39, 0.29) is 11.7 Å². The first-order chi connectivity index (χ1) is 12.6. The lowest BCUT2D eigenvalue weighted by molar-refractivity contribution is -0.130. The second-order valence-electron chi connectivity index (χ2n) is 6.37. The minimum Gasteiger partial charge on any atom is -0.339 e. The van der Waals surface area contributed by atoms with Gasteiger partial charge in [0.25, 0.3) is 0 Å². The van der Waals surface area contributed by atoms with Crippen molar-refractivity contribution in [1.82, 2.24) is 9.80 Å². The summed E-state index contributed by atoms with van der Waals surface area (Å²) in [6.45, 7) is 4.20. The molecule has 0 bridgehead atoms. The molecule has 1 fully saturated rings. The molecule has 2 aromatic carbocycles. The highest BCUT2D eigenvalue weighted by Gasteiger charge is 2.21. The average molecular weight is 393 g/mol. The van der Waals surface area contributed by atoms with E-state index < -0.39 is 0 Å². The highest BCUT2D eigenvalue weighted by Crippen LogP contribution is 2.20. The Hall–Kier alpha value is -1.56. The van der Waals surface area contributed by atoms with Crippen molar-refractivity contribution in [3.05, 3.63) is 70.5 Å². The molecule has 0 spiro atoms. The van der Waals surface area contributed by atoms with Crippen LogP contribution in [0.5, 0.6) is 0 Å². The molecule has 0 saturated carbocycles. The zero-order valence-corrected chi connectivity index (χ0v) is 16.1. The number of nitrogens with zero attached hydrogens (tertiary/aromatic N) is 2. The van der Waals surface area contributed by atoms with E-state index in [0.717, 1.165) is 32.7 Å². The first kappa shape index (κ1) is 19.2. The number of rotatable bonds is 6. The van der Waals surface area contributed by atoms with Crippen LogP contribution in [-0.4, -0.2) is 47.6 Å². The van der Waals surface area contributed by atoms with Gasteiger partial charge in [0.2, 0.25) is 5.91 Å². The van der Waals surface area contributed by atoms with Gasteiger partial charge in [-0.1, -0.05) is 48.0 Å². The first-order valence-corrected chi connectivity index (χ1v) is 10.2. The number of benzene rings is 2. The topological polar surface area (TPSA) is 23.6 Å². The predicted molar refractivity (Wildman–Crippen MR) is 106 cm³/mol. The van der Waals surface area contributed by atoms with Crippen molar-refractivity contribution in [1.29, 1.82) is 0 Å². The van der Waals surface area contributed by atoms with E-state index in [1.54, 1.807) is 12.1 Å². The molecule has 26 heavy (non-hydrogen) atoms. The summed E-state index contributed by atoms with van der Waals surface area (Å²) in [5, 5.41) is 0.390. The highest BCUT2D eigenvalue weighted by molar-refractivity contribution is 7.99. The van der Waals surface area contributed by atoms with Gasteiger partial charge >= 0.3 is 0 Å². The maximum Gasteiger partial charge on any atom is 0.232 e. The SMILES string of the molecule is O=C(CSCc1ccc(Cl)cc1F)N1CCN(Cc2ccccc2)CC1. The van der Waals surface area contributed by atoms with Crippen LogP contribution in [0.1, 0.15) is 11.1 Å². The van der Waals surface area contributed by atoms with Gasteiger partial charge in [-0.05, 0) is 23.3 Å². The average Bonchev–Trinajstić information content (AvgIpc) is 2.65. The Balaban J connectivity index is 1.39. The minimum atomic E-state index is -0.313. The van der Waals surface area contributed by atoms with Crippen molar-refractivity contribution in [2.45, 2.75) is 12.3 Å². The Labute approximate surface area is 163 Å². The Bertz CT molecular complexity index is 736. The summed E-state index contributed by atoms with van der Waals surface area (Å²) in [7, 11) is 0. The standard InChI is InChI=1S/C20H22ClFN2OS/c21-18-7-6-17(19(22)12-18)14-26-15-20(25)24-10-8-23(9-11-24)13-16-4-2-1-3-5-16/h1-7,12H,8-11,13-15H2. The van der Waals surface area contributed by atoms with Crippen molar-refractivity contribution in [2.75, 3.05) is 31.9 Å². The number of thioether (sulfide) groups is 1. The van der Waals surface area contributed by atoms with Crippen LogP contribution in [0.4, 0.5) is 4.39 Å². The first-order valence-electron chi connectivity index (χ1n) is 8.67. The molecule has 0 aromatic heterocycles. The van der Waals surface area contributed by atoms with Crippen molar-refractivity contribution in [3.8, 4) is 0 Å². The van der Waals surface area contributed by atoms with Gasteiger partial charge in [0, 0.05) is 43.5 Å². The van der Waals surface area contributed by atoms with Crippen LogP contribution in [0.3, 0.4) is 0 Å². The predicted octanol–water partition coefficient (Wildman–Crippen LogP) is 4.06. The van der Waals surface area contributed by atoms with Gasteiger partial charge in [0.05, 0.1) is 5.75 Å². The number of piperazine rings is 1. The molecule has 0 N–H and O–H groups in total. The zero-order chi connectivity index (χ0) is 18.4. The molecule has 6 heteroatoms. The summed E-state index contributed by atoms with van der Waals surface area (Å²) in [6.07, 6.45) is 0. The molecule has 1 aliphatic rings. The molecule has 1 aliphatic heterocycles. The quantitative estimate of drug-likeness (QED) is 0.740. The Morgan fingerprint density at radius 1 is 1.08 bits per heavy atom. The summed E-state index contributed by atoms with van der Waals surface area (Å²) in [4.78, 5) is 16.6. The van der Waals surface area contributed by atoms with Gasteiger partial charge in [-0.15, -0.1) is 11.8 Å². The summed E-state index contributed by atoms with van der Waals surface area (Å²) < 4.78 is 13.8. The van der Waals surface area contributed by atoms with Crippen molar-refractivity contribution >= 4 is 29.3 Å². The minimum absolute atomic E-state index is 0.128. The van der Waals surface area contributed by atoms with E-state index in [1.165, 1.54) is 23.4 Å². The van der Waals surface area contributed by atoms with Crippen LogP contribution < -0.4 is 0 Å². The Kier molecular flexibility index (Phi) is 6.94. The number of halogens is 2. The van der Waals surface area contributed by atoms with E-state index in [0.29, 0.717) is 22.1 Å². The van der Waals surface area contributed by atoms with Crippen LogP contribution in [0.2, 0.25) is 5.02 Å². The summed E-state index contributed by atoms with van der Waals surface area (Å²) in [6, 6.07) is 15.0. The van der Waals surface area contributed by atoms with Crippen LogP contribution in [-0.2, 0) is 17.1 Å². The van der Waals surface area contributed by atoms with Crippen molar-refractivity contribution in [3.63, 3.8) is 0 Å². The lowest BCUT2D eigenvalue weighted by Crippen LogP contribution is -2.48. The van der Waals surface area contributed by atoms with E-state index in [9.17, 15) is 9.18 Å². The molecule has 1 heterocycles. The summed E-state index contributed by atoms with van der Waals surface area (Å²) >= 11 is 7.20. The highest BCUT2D eigenvalue weighted by atomic mass is 35.5. The molecule has 0 radical (unpaired) electrons. The maximum absolute atomic E-state index is 13.8. The van der Waals surface area contributed by atoms with Crippen LogP contribution in [0.15, 0.2) is 48.5 Å². The molecule has 3 nitrogen and oxygen atoms in total. The van der Waals surface area contributed by atoms with Gasteiger partial charge in [-0.25, -0.2) is 4.39 Å².